The number of rotatable bonds is 4. The molecular weight excluding hydrogens is 372 g/mol. The number of nitrogens with zero attached hydrogens (tertiary/aromatic N) is 2. The van der Waals surface area contributed by atoms with Gasteiger partial charge in [0.2, 0.25) is 0 Å². The van der Waals surface area contributed by atoms with Gasteiger partial charge in [-0.1, -0.05) is 31.9 Å². The van der Waals surface area contributed by atoms with Gasteiger partial charge in [-0.05, 0) is 36.8 Å². The van der Waals surface area contributed by atoms with E-state index in [0.29, 0.717) is 0 Å². The minimum Gasteiger partial charge on any atom is -0.272 e. The highest BCUT2D eigenvalue weighted by atomic mass is 79.9. The van der Waals surface area contributed by atoms with E-state index in [-0.39, 0.29) is 6.04 Å². The maximum atomic E-state index is 5.70. The number of aromatic nitrogens is 2. The van der Waals surface area contributed by atoms with Crippen molar-refractivity contribution in [2.75, 3.05) is 0 Å². The molecule has 4 nitrogen and oxygen atoms in total. The Morgan fingerprint density at radius 1 is 1.26 bits per heavy atom. The largest absolute Gasteiger partial charge is 0.272 e. The summed E-state index contributed by atoms with van der Waals surface area (Å²) in [6.45, 7) is 1.99. The predicted molar refractivity (Wildman–Crippen MR) is 83.6 cm³/mol. The normalized spacial score (nSPS) is 12.7. The van der Waals surface area contributed by atoms with Crippen molar-refractivity contribution < 1.29 is 0 Å². The van der Waals surface area contributed by atoms with Crippen LogP contribution in [0.2, 0.25) is 0 Å². The summed E-state index contributed by atoms with van der Waals surface area (Å²) in [7, 11) is 1.95. The molecule has 2 rings (SSSR count). The molecule has 19 heavy (non-hydrogen) atoms. The summed E-state index contributed by atoms with van der Waals surface area (Å²) < 4.78 is 3.95. The van der Waals surface area contributed by atoms with Crippen LogP contribution in [0.25, 0.3) is 0 Å². The number of halogens is 2. The van der Waals surface area contributed by atoms with Gasteiger partial charge >= 0.3 is 0 Å². The second kappa shape index (κ2) is 6.17. The lowest BCUT2D eigenvalue weighted by atomic mass is 10.0. The Morgan fingerprint density at radius 3 is 2.37 bits per heavy atom. The highest BCUT2D eigenvalue weighted by molar-refractivity contribution is 9.11. The van der Waals surface area contributed by atoms with E-state index in [1.165, 1.54) is 0 Å². The molecule has 0 aliphatic heterocycles. The molecule has 0 bridgehead atoms. The second-order valence-corrected chi connectivity index (χ2v) is 6.36. The molecule has 0 fully saturated rings. The molecule has 1 atom stereocenters. The van der Waals surface area contributed by atoms with Crippen LogP contribution >= 0.6 is 31.9 Å². The molecule has 1 aromatic heterocycles. The Hall–Kier alpha value is -0.690. The van der Waals surface area contributed by atoms with Gasteiger partial charge in [-0.15, -0.1) is 0 Å². The van der Waals surface area contributed by atoms with Gasteiger partial charge in [0, 0.05) is 28.1 Å². The van der Waals surface area contributed by atoms with Gasteiger partial charge in [-0.2, -0.15) is 5.10 Å². The first kappa shape index (κ1) is 14.7. The highest BCUT2D eigenvalue weighted by Crippen LogP contribution is 2.26. The van der Waals surface area contributed by atoms with Gasteiger partial charge in [-0.3, -0.25) is 16.0 Å². The van der Waals surface area contributed by atoms with Gasteiger partial charge in [0.1, 0.15) is 0 Å². The number of hydrogen-bond acceptors (Lipinski definition) is 3. The molecule has 0 amide bonds. The molecule has 0 radical (unpaired) electrons. The number of nitrogens with two attached hydrogens (primary N) is 1. The SMILES string of the molecule is Cc1cc(CC(NN)c2cc(Br)cc(Br)c2)n(C)n1. The molecule has 0 aliphatic rings. The van der Waals surface area contributed by atoms with Crippen LogP contribution in [0.15, 0.2) is 33.2 Å². The minimum absolute atomic E-state index is 0.0450. The van der Waals surface area contributed by atoms with Crippen LogP contribution in [0, 0.1) is 6.92 Å². The van der Waals surface area contributed by atoms with Crippen LogP contribution in [-0.2, 0) is 13.5 Å². The fourth-order valence-corrected chi connectivity index (χ4v) is 3.44. The lowest BCUT2D eigenvalue weighted by molar-refractivity contribution is 0.529. The molecule has 3 N–H and O–H groups in total. The van der Waals surface area contributed by atoms with E-state index >= 15 is 0 Å². The average Bonchev–Trinajstić information content (AvgIpc) is 2.63. The Bertz CT molecular complexity index is 560. The third-order valence-electron chi connectivity index (χ3n) is 3.00. The van der Waals surface area contributed by atoms with Crippen molar-refractivity contribution in [3.05, 3.63) is 50.2 Å². The Morgan fingerprint density at radius 2 is 1.89 bits per heavy atom. The molecule has 2 aromatic rings. The molecule has 6 heteroatoms. The zero-order chi connectivity index (χ0) is 14.0. The molecule has 1 aromatic carbocycles. The molecule has 1 unspecified atom stereocenters. The zero-order valence-electron chi connectivity index (χ0n) is 10.8. The summed E-state index contributed by atoms with van der Waals surface area (Å²) in [5, 5.41) is 4.36. The van der Waals surface area contributed by atoms with Crippen LogP contribution in [0.5, 0.6) is 0 Å². The van der Waals surface area contributed by atoms with Crippen molar-refractivity contribution in [2.45, 2.75) is 19.4 Å². The fraction of sp³-hybridized carbons (Fsp3) is 0.308. The molecule has 1 heterocycles. The smallest absolute Gasteiger partial charge is 0.0596 e. The lowest BCUT2D eigenvalue weighted by Crippen LogP contribution is -2.30. The van der Waals surface area contributed by atoms with Gasteiger partial charge in [0.05, 0.1) is 11.7 Å². The second-order valence-electron chi connectivity index (χ2n) is 4.53. The van der Waals surface area contributed by atoms with Gasteiger partial charge in [-0.25, -0.2) is 0 Å². The van der Waals surface area contributed by atoms with Crippen molar-refractivity contribution in [3.63, 3.8) is 0 Å². The van der Waals surface area contributed by atoms with E-state index in [1.807, 2.05) is 24.7 Å². The summed E-state index contributed by atoms with van der Waals surface area (Å²) in [5.41, 5.74) is 6.17. The van der Waals surface area contributed by atoms with E-state index in [2.05, 4.69) is 60.6 Å². The molecule has 0 spiro atoms. The van der Waals surface area contributed by atoms with Crippen molar-refractivity contribution in [2.24, 2.45) is 12.9 Å². The third-order valence-corrected chi connectivity index (χ3v) is 3.92. The summed E-state index contributed by atoms with van der Waals surface area (Å²) in [4.78, 5) is 0. The van der Waals surface area contributed by atoms with Gasteiger partial charge < -0.3 is 0 Å². The molecule has 0 saturated heterocycles. The van der Waals surface area contributed by atoms with Crippen LogP contribution in [0.4, 0.5) is 0 Å². The lowest BCUT2D eigenvalue weighted by Gasteiger charge is -2.17. The highest BCUT2D eigenvalue weighted by Gasteiger charge is 2.14. The van der Waals surface area contributed by atoms with Crippen LogP contribution < -0.4 is 11.3 Å². The predicted octanol–water partition coefficient (Wildman–Crippen LogP) is 3.00. The first-order valence-electron chi connectivity index (χ1n) is 5.91. The van der Waals surface area contributed by atoms with Crippen LogP contribution in [-0.4, -0.2) is 9.78 Å². The first-order valence-corrected chi connectivity index (χ1v) is 7.50. The monoisotopic (exact) mass is 386 g/mol. The maximum absolute atomic E-state index is 5.70. The molecule has 0 saturated carbocycles. The number of benzene rings is 1. The maximum Gasteiger partial charge on any atom is 0.0596 e. The number of nitrogens with one attached hydrogen (secondary N) is 1. The topological polar surface area (TPSA) is 55.9 Å². The van der Waals surface area contributed by atoms with E-state index < -0.39 is 0 Å². The van der Waals surface area contributed by atoms with Crippen molar-refractivity contribution in [1.82, 2.24) is 15.2 Å². The van der Waals surface area contributed by atoms with Crippen molar-refractivity contribution >= 4 is 31.9 Å². The summed E-state index contributed by atoms with van der Waals surface area (Å²) >= 11 is 7.00. The number of aryl methyl sites for hydroxylation is 2. The zero-order valence-corrected chi connectivity index (χ0v) is 14.0. The molecule has 102 valence electrons. The third kappa shape index (κ3) is 3.66. The van der Waals surface area contributed by atoms with E-state index in [0.717, 1.165) is 32.3 Å². The number of hydrogen-bond donors (Lipinski definition) is 2. The Balaban J connectivity index is 2.27. The standard InChI is InChI=1S/C13H16Br2N4/c1-8-3-12(19(2)18-8)7-13(17-16)9-4-10(14)6-11(15)5-9/h3-6,13,17H,7,16H2,1-2H3. The number of hydrazine groups is 1. The summed E-state index contributed by atoms with van der Waals surface area (Å²) in [6.07, 6.45) is 0.788. The van der Waals surface area contributed by atoms with Gasteiger partial charge in [0.15, 0.2) is 0 Å². The average molecular weight is 388 g/mol. The minimum atomic E-state index is 0.0450. The Kier molecular flexibility index (Phi) is 4.78. The summed E-state index contributed by atoms with van der Waals surface area (Å²) in [5.74, 6) is 5.70. The van der Waals surface area contributed by atoms with Crippen molar-refractivity contribution in [3.8, 4) is 0 Å². The van der Waals surface area contributed by atoms with Gasteiger partial charge in [0.25, 0.3) is 0 Å². The Labute approximate surface area is 129 Å². The fourth-order valence-electron chi connectivity index (χ4n) is 2.11. The van der Waals surface area contributed by atoms with E-state index in [9.17, 15) is 0 Å². The van der Waals surface area contributed by atoms with Crippen molar-refractivity contribution in [1.29, 1.82) is 0 Å². The van der Waals surface area contributed by atoms with E-state index in [1.54, 1.807) is 0 Å². The van der Waals surface area contributed by atoms with Crippen LogP contribution in [0.3, 0.4) is 0 Å². The molecular formula is C13H16Br2N4. The summed E-state index contributed by atoms with van der Waals surface area (Å²) in [6, 6.07) is 8.27. The van der Waals surface area contributed by atoms with Crippen LogP contribution in [0.1, 0.15) is 23.0 Å². The first-order chi connectivity index (χ1) is 8.99. The quantitative estimate of drug-likeness (QED) is 0.626. The van der Waals surface area contributed by atoms with E-state index in [4.69, 9.17) is 5.84 Å². The molecule has 0 aliphatic carbocycles.